The van der Waals surface area contributed by atoms with E-state index in [0.717, 1.165) is 9.80 Å². The summed E-state index contributed by atoms with van der Waals surface area (Å²) >= 11 is 0. The average molecular weight is 410 g/mol. The quantitative estimate of drug-likeness (QED) is 0.101. The van der Waals surface area contributed by atoms with Gasteiger partial charge in [0.1, 0.15) is 12.5 Å². The highest BCUT2D eigenvalue weighted by Crippen LogP contribution is 2.06. The summed E-state index contributed by atoms with van der Waals surface area (Å²) in [6.45, 7) is -3.34. The molecule has 2 unspecified atom stereocenters. The van der Waals surface area contributed by atoms with Gasteiger partial charge in [-0.2, -0.15) is 0 Å². The van der Waals surface area contributed by atoms with Gasteiger partial charge < -0.3 is 41.4 Å². The average Bonchev–Trinajstić information content (AvgIpc) is 2.54. The van der Waals surface area contributed by atoms with Gasteiger partial charge in [-0.3, -0.25) is 29.0 Å². The molecular weight excluding hydrogens is 384 g/mol. The van der Waals surface area contributed by atoms with E-state index in [-0.39, 0.29) is 26.3 Å². The Balaban J connectivity index is 5.27. The Morgan fingerprint density at radius 3 is 1.61 bits per heavy atom. The van der Waals surface area contributed by atoms with Crippen molar-refractivity contribution in [2.45, 2.75) is 12.5 Å². The highest BCUT2D eigenvalue weighted by Gasteiger charge is 2.27. The van der Waals surface area contributed by atoms with Crippen LogP contribution in [0.4, 0.5) is 0 Å². The van der Waals surface area contributed by atoms with E-state index in [1.54, 1.807) is 0 Å². The van der Waals surface area contributed by atoms with Gasteiger partial charge in [0.05, 0.1) is 39.4 Å². The largest absolute Gasteiger partial charge is 0.480 e. The van der Waals surface area contributed by atoms with Gasteiger partial charge in [0.15, 0.2) is 0 Å². The van der Waals surface area contributed by atoms with Crippen molar-refractivity contribution in [3.8, 4) is 0 Å². The molecule has 0 aliphatic heterocycles. The Hall–Kier alpha value is -2.36. The molecule has 0 aromatic heterocycles. The normalized spacial score (nSPS) is 13.4. The molecule has 8 N–H and O–H groups in total. The van der Waals surface area contributed by atoms with Crippen LogP contribution in [-0.2, 0) is 28.7 Å². The SMILES string of the molecule is NCC(N)OCCOC(CN(CC(=O)O)CC(=O)O)N(CC(=O)O)CC(=O)O. The second-order valence-electron chi connectivity index (χ2n) is 5.62. The lowest BCUT2D eigenvalue weighted by Crippen LogP contribution is -2.51. The van der Waals surface area contributed by atoms with Crippen molar-refractivity contribution < 1.29 is 49.1 Å². The third kappa shape index (κ3) is 12.9. The number of aliphatic carboxylic acids is 4. The molecule has 0 aliphatic carbocycles. The standard InChI is InChI=1S/C14H26N4O10/c15-3-9(16)27-1-2-28-10(18(7-13(23)24)8-14(25)26)4-17(5-11(19)20)6-12(21)22/h9-10H,1-8,15-16H2,(H,19,20)(H,21,22)(H,23,24)(H,25,26). The van der Waals surface area contributed by atoms with Gasteiger partial charge in [-0.05, 0) is 0 Å². The van der Waals surface area contributed by atoms with Crippen LogP contribution in [0.3, 0.4) is 0 Å². The Labute approximate surface area is 160 Å². The minimum absolute atomic E-state index is 0.0403. The summed E-state index contributed by atoms with van der Waals surface area (Å²) in [5.74, 6) is -5.33. The molecule has 2 atom stereocenters. The van der Waals surface area contributed by atoms with Gasteiger partial charge in [0.2, 0.25) is 0 Å². The molecule has 0 bridgehead atoms. The van der Waals surface area contributed by atoms with Crippen LogP contribution in [0.15, 0.2) is 0 Å². The fourth-order valence-electron chi connectivity index (χ4n) is 2.12. The van der Waals surface area contributed by atoms with Crippen LogP contribution in [-0.4, -0.2) is 119 Å². The first-order valence-electron chi connectivity index (χ1n) is 8.07. The highest BCUT2D eigenvalue weighted by atomic mass is 16.5. The van der Waals surface area contributed by atoms with Crippen molar-refractivity contribution in [1.82, 2.24) is 9.80 Å². The minimum Gasteiger partial charge on any atom is -0.480 e. The molecule has 0 aliphatic rings. The first kappa shape index (κ1) is 25.6. The van der Waals surface area contributed by atoms with Crippen molar-refractivity contribution in [2.75, 3.05) is 52.5 Å². The van der Waals surface area contributed by atoms with E-state index >= 15 is 0 Å². The van der Waals surface area contributed by atoms with Crippen LogP contribution in [0.25, 0.3) is 0 Å². The number of carbonyl (C=O) groups is 4. The van der Waals surface area contributed by atoms with E-state index in [2.05, 4.69) is 0 Å². The number of carboxylic acid groups (broad SMARTS) is 4. The molecule has 0 spiro atoms. The van der Waals surface area contributed by atoms with Gasteiger partial charge in [-0.1, -0.05) is 0 Å². The lowest BCUT2D eigenvalue weighted by molar-refractivity contribution is -0.156. The summed E-state index contributed by atoms with van der Waals surface area (Å²) in [4.78, 5) is 45.9. The number of ether oxygens (including phenoxy) is 2. The zero-order valence-corrected chi connectivity index (χ0v) is 15.1. The Kier molecular flexibility index (Phi) is 12.6. The first-order chi connectivity index (χ1) is 13.0. The monoisotopic (exact) mass is 410 g/mol. The lowest BCUT2D eigenvalue weighted by atomic mass is 10.3. The molecule has 28 heavy (non-hydrogen) atoms. The number of hydrogen-bond donors (Lipinski definition) is 6. The van der Waals surface area contributed by atoms with E-state index in [1.807, 2.05) is 0 Å². The van der Waals surface area contributed by atoms with Crippen LogP contribution in [0.1, 0.15) is 0 Å². The predicted molar refractivity (Wildman–Crippen MR) is 91.3 cm³/mol. The third-order valence-corrected chi connectivity index (χ3v) is 3.17. The van der Waals surface area contributed by atoms with E-state index in [9.17, 15) is 19.2 Å². The van der Waals surface area contributed by atoms with Crippen molar-refractivity contribution in [3.05, 3.63) is 0 Å². The first-order valence-corrected chi connectivity index (χ1v) is 8.07. The Morgan fingerprint density at radius 2 is 1.21 bits per heavy atom. The van der Waals surface area contributed by atoms with Crippen molar-refractivity contribution in [2.24, 2.45) is 11.5 Å². The molecule has 0 radical (unpaired) electrons. The zero-order chi connectivity index (χ0) is 21.7. The van der Waals surface area contributed by atoms with Gasteiger partial charge >= 0.3 is 23.9 Å². The Morgan fingerprint density at radius 1 is 0.786 bits per heavy atom. The van der Waals surface area contributed by atoms with E-state index in [4.69, 9.17) is 41.4 Å². The second kappa shape index (κ2) is 13.8. The third-order valence-electron chi connectivity index (χ3n) is 3.17. The molecule has 162 valence electrons. The fourth-order valence-corrected chi connectivity index (χ4v) is 2.12. The van der Waals surface area contributed by atoms with Crippen molar-refractivity contribution in [1.29, 1.82) is 0 Å². The summed E-state index contributed by atoms with van der Waals surface area (Å²) in [5, 5.41) is 35.8. The van der Waals surface area contributed by atoms with Crippen LogP contribution >= 0.6 is 0 Å². The molecule has 14 heteroatoms. The minimum atomic E-state index is -1.35. The summed E-state index contributed by atoms with van der Waals surface area (Å²) in [5.41, 5.74) is 10.7. The number of nitrogens with zero attached hydrogens (tertiary/aromatic N) is 2. The predicted octanol–water partition coefficient (Wildman–Crippen LogP) is -3.47. The van der Waals surface area contributed by atoms with Gasteiger partial charge in [-0.15, -0.1) is 0 Å². The second-order valence-corrected chi connectivity index (χ2v) is 5.62. The van der Waals surface area contributed by atoms with Gasteiger partial charge in [-0.25, -0.2) is 0 Å². The van der Waals surface area contributed by atoms with E-state index in [0.29, 0.717) is 0 Å². The van der Waals surface area contributed by atoms with E-state index in [1.165, 1.54) is 0 Å². The summed E-state index contributed by atoms with van der Waals surface area (Å²) in [6.07, 6.45) is -1.99. The molecule has 0 rings (SSSR count). The van der Waals surface area contributed by atoms with Crippen LogP contribution in [0.5, 0.6) is 0 Å². The van der Waals surface area contributed by atoms with Gasteiger partial charge in [0, 0.05) is 13.1 Å². The maximum Gasteiger partial charge on any atom is 0.317 e. The molecule has 0 aromatic rings. The van der Waals surface area contributed by atoms with Crippen LogP contribution in [0, 0.1) is 0 Å². The van der Waals surface area contributed by atoms with Crippen LogP contribution < -0.4 is 11.5 Å². The zero-order valence-electron chi connectivity index (χ0n) is 15.1. The van der Waals surface area contributed by atoms with Crippen molar-refractivity contribution in [3.63, 3.8) is 0 Å². The molecule has 0 amide bonds. The molecule has 0 fully saturated rings. The number of hydrogen-bond acceptors (Lipinski definition) is 10. The maximum atomic E-state index is 11.0. The summed E-state index contributed by atoms with van der Waals surface area (Å²) < 4.78 is 10.5. The molecule has 0 saturated heterocycles. The van der Waals surface area contributed by atoms with Crippen molar-refractivity contribution >= 4 is 23.9 Å². The maximum absolute atomic E-state index is 11.0. The van der Waals surface area contributed by atoms with Crippen LogP contribution in [0.2, 0.25) is 0 Å². The fraction of sp³-hybridized carbons (Fsp3) is 0.714. The number of nitrogens with two attached hydrogens (primary N) is 2. The van der Waals surface area contributed by atoms with E-state index < -0.39 is 62.5 Å². The molecular formula is C14H26N4O10. The highest BCUT2D eigenvalue weighted by molar-refractivity contribution is 5.73. The number of carboxylic acids is 4. The molecule has 0 aromatic carbocycles. The topological polar surface area (TPSA) is 226 Å². The van der Waals surface area contributed by atoms with Gasteiger partial charge in [0.25, 0.3) is 0 Å². The molecule has 14 nitrogen and oxygen atoms in total. The molecule has 0 heterocycles. The summed E-state index contributed by atoms with van der Waals surface area (Å²) in [6, 6.07) is 0. The number of rotatable bonds is 17. The Bertz CT molecular complexity index is 500. The smallest absolute Gasteiger partial charge is 0.317 e. The molecule has 0 saturated carbocycles. The lowest BCUT2D eigenvalue weighted by Gasteiger charge is -2.32. The summed E-state index contributed by atoms with van der Waals surface area (Å²) in [7, 11) is 0.